The van der Waals surface area contributed by atoms with Gasteiger partial charge in [-0.1, -0.05) is 30.4 Å². The maximum Gasteiger partial charge on any atom is 0.566 e. The van der Waals surface area contributed by atoms with Crippen LogP contribution in [0.1, 0.15) is 29.4 Å². The molecule has 3 heterocycles. The molecule has 10 heteroatoms. The summed E-state index contributed by atoms with van der Waals surface area (Å²) in [5, 5.41) is 40.6. The van der Waals surface area contributed by atoms with E-state index in [0.29, 0.717) is 49.7 Å². The third kappa shape index (κ3) is 5.03. The number of fused-ring (bicyclic) bond motifs is 1. The molecule has 46 heavy (non-hydrogen) atoms. The number of halogens is 2. The van der Waals surface area contributed by atoms with Crippen LogP contribution >= 0.6 is 0 Å². The number of ketones is 1. The number of phenolic OH excluding ortho intramolecular Hbond substituents is 2. The van der Waals surface area contributed by atoms with Crippen LogP contribution in [0.15, 0.2) is 108 Å². The smallest absolute Gasteiger partial charge is 0.504 e. The number of aliphatic hydroxyl groups is 2. The van der Waals surface area contributed by atoms with Crippen LogP contribution in [0.5, 0.6) is 11.5 Å². The maximum atomic E-state index is 17.0. The molecule has 0 amide bonds. The number of ether oxygens (including phenoxy) is 1. The van der Waals surface area contributed by atoms with Crippen molar-refractivity contribution in [1.29, 1.82) is 0 Å². The number of hydrogen-bond donors (Lipinski definition) is 4. The molecule has 0 saturated carbocycles. The summed E-state index contributed by atoms with van der Waals surface area (Å²) in [6, 6.07) is 12.6. The molecule has 2 aliphatic heterocycles. The van der Waals surface area contributed by atoms with Crippen LogP contribution in [0.2, 0.25) is 0 Å². The molecule has 0 radical (unpaired) electrons. The van der Waals surface area contributed by atoms with Gasteiger partial charge in [-0.15, -0.1) is 13.4 Å². The van der Waals surface area contributed by atoms with Crippen molar-refractivity contribution in [2.45, 2.75) is 20.0 Å². The lowest BCUT2D eigenvalue weighted by molar-refractivity contribution is -0.673. The summed E-state index contributed by atoms with van der Waals surface area (Å²) in [5.74, 6) is -1.89. The third-order valence-corrected chi connectivity index (χ3v) is 7.94. The molecule has 3 aromatic rings. The number of alkyl halides is 2. The molecule has 0 atom stereocenters. The van der Waals surface area contributed by atoms with Gasteiger partial charge in [0.1, 0.15) is 0 Å². The van der Waals surface area contributed by atoms with Gasteiger partial charge in [-0.3, -0.25) is 4.79 Å². The van der Waals surface area contributed by atoms with Crippen molar-refractivity contribution in [3.05, 3.63) is 141 Å². The molecular formula is C36H29F2N2O6+. The summed E-state index contributed by atoms with van der Waals surface area (Å²) in [7, 11) is 1.34. The Morgan fingerprint density at radius 2 is 1.67 bits per heavy atom. The van der Waals surface area contributed by atoms with Gasteiger partial charge in [0.2, 0.25) is 17.2 Å². The Morgan fingerprint density at radius 1 is 0.935 bits per heavy atom. The first-order chi connectivity index (χ1) is 21.9. The van der Waals surface area contributed by atoms with Gasteiger partial charge in [0.15, 0.2) is 17.3 Å². The van der Waals surface area contributed by atoms with Crippen molar-refractivity contribution in [3.8, 4) is 11.5 Å². The zero-order chi connectivity index (χ0) is 32.9. The van der Waals surface area contributed by atoms with E-state index < -0.39 is 17.7 Å². The number of benzene rings is 2. The monoisotopic (exact) mass is 623 g/mol. The number of rotatable bonds is 4. The van der Waals surface area contributed by atoms with Crippen molar-refractivity contribution in [1.82, 2.24) is 4.57 Å². The predicted molar refractivity (Wildman–Crippen MR) is 169 cm³/mol. The molecule has 3 aliphatic rings. The fourth-order valence-electron chi connectivity index (χ4n) is 5.79. The fraction of sp³-hybridized carbons (Fsp3) is 0.111. The summed E-state index contributed by atoms with van der Waals surface area (Å²) in [5.41, 5.74) is 3.63. The van der Waals surface area contributed by atoms with Gasteiger partial charge in [0.25, 0.3) is 5.95 Å². The number of nitrogens with zero attached hydrogens (tertiary/aromatic N) is 2. The van der Waals surface area contributed by atoms with Gasteiger partial charge >= 0.3 is 6.17 Å². The summed E-state index contributed by atoms with van der Waals surface area (Å²) in [6.07, 6.45) is 8.16. The first kappa shape index (κ1) is 30.1. The minimum Gasteiger partial charge on any atom is -0.504 e. The second-order valence-electron chi connectivity index (χ2n) is 11.0. The SMILES string of the molecule is COC(O)=c1ccc(=C2C3=[N+](C(=CC=C4C=CC(=O)C(O)=C4)C=C3C)C(F)(F)n3c(C=Cc4ccc(O)c(O)c4)cc(C)c32)cc1. The molecule has 0 spiro atoms. The Bertz CT molecular complexity index is 2170. The van der Waals surface area contributed by atoms with Crippen molar-refractivity contribution >= 4 is 35.2 Å². The molecule has 1 aromatic heterocycles. The van der Waals surface area contributed by atoms with E-state index in [-0.39, 0.29) is 28.8 Å². The van der Waals surface area contributed by atoms with E-state index >= 15 is 8.78 Å². The summed E-state index contributed by atoms with van der Waals surface area (Å²) >= 11 is 0. The molecule has 2 aromatic carbocycles. The van der Waals surface area contributed by atoms with Gasteiger partial charge in [0.05, 0.1) is 29.3 Å². The lowest BCUT2D eigenvalue weighted by Gasteiger charge is -2.26. The van der Waals surface area contributed by atoms with Crippen LogP contribution in [0.25, 0.3) is 23.7 Å². The average molecular weight is 624 g/mol. The molecule has 0 bridgehead atoms. The van der Waals surface area contributed by atoms with Crippen LogP contribution in [0.4, 0.5) is 8.78 Å². The first-order valence-electron chi connectivity index (χ1n) is 14.2. The normalized spacial score (nSPS) is 18.7. The summed E-state index contributed by atoms with van der Waals surface area (Å²) in [4.78, 5) is 11.7. The molecule has 0 unspecified atom stereocenters. The number of phenols is 2. The van der Waals surface area contributed by atoms with Crippen LogP contribution in [-0.2, 0) is 15.7 Å². The predicted octanol–water partition coefficient (Wildman–Crippen LogP) is 5.17. The average Bonchev–Trinajstić information content (AvgIpc) is 3.55. The van der Waals surface area contributed by atoms with E-state index in [9.17, 15) is 25.2 Å². The number of carbonyl (C=O) groups excluding carboxylic acids is 1. The van der Waals surface area contributed by atoms with Crippen molar-refractivity contribution < 1.29 is 43.3 Å². The maximum absolute atomic E-state index is 17.0. The van der Waals surface area contributed by atoms with Crippen molar-refractivity contribution in [3.63, 3.8) is 0 Å². The summed E-state index contributed by atoms with van der Waals surface area (Å²) in [6.45, 7) is 3.51. The van der Waals surface area contributed by atoms with Gasteiger partial charge in [-0.2, -0.15) is 0 Å². The zero-order valence-corrected chi connectivity index (χ0v) is 25.0. The minimum absolute atomic E-state index is 0.179. The molecule has 1 aliphatic carbocycles. The first-order valence-corrected chi connectivity index (χ1v) is 14.2. The number of hydrogen-bond acceptors (Lipinski definition) is 6. The highest BCUT2D eigenvalue weighted by Gasteiger charge is 2.58. The standard InChI is InChI=1S/C36H28F2N2O6/c1-20-16-26(12-4-22-6-14-28(41)30(43)18-22)39-33(20)32(24-8-10-25(11-9-24)35(45)46-3)34-21(2)17-27(40(34)36(39,37)38)13-5-23-7-15-29(42)31(44)19-23/h4-19H,1-3H3,(H3,41,42,43,44,45)/p+1. The molecule has 0 saturated heterocycles. The molecule has 6 rings (SSSR count). The molecule has 232 valence electrons. The fourth-order valence-corrected chi connectivity index (χ4v) is 5.79. The second kappa shape index (κ2) is 11.2. The number of aliphatic hydroxyl groups excluding tert-OH is 2. The van der Waals surface area contributed by atoms with E-state index in [4.69, 9.17) is 4.74 Å². The third-order valence-electron chi connectivity index (χ3n) is 7.94. The zero-order valence-electron chi connectivity index (χ0n) is 25.0. The Balaban J connectivity index is 1.61. The number of methoxy groups -OCH3 is 1. The van der Waals surface area contributed by atoms with Crippen LogP contribution in [-0.4, -0.2) is 48.2 Å². The number of aromatic hydroxyl groups is 2. The Morgan fingerprint density at radius 3 is 2.35 bits per heavy atom. The number of allylic oxidation sites excluding steroid dienone is 8. The Hall–Kier alpha value is -5.90. The number of aryl methyl sites for hydroxylation is 1. The van der Waals surface area contributed by atoms with Crippen LogP contribution in [0.3, 0.4) is 0 Å². The lowest BCUT2D eigenvalue weighted by Crippen LogP contribution is -2.45. The van der Waals surface area contributed by atoms with Crippen molar-refractivity contribution in [2.75, 3.05) is 7.11 Å². The van der Waals surface area contributed by atoms with E-state index in [1.54, 1.807) is 68.5 Å². The van der Waals surface area contributed by atoms with E-state index in [2.05, 4.69) is 0 Å². The highest BCUT2D eigenvalue weighted by atomic mass is 19.3. The van der Waals surface area contributed by atoms with Crippen molar-refractivity contribution in [2.24, 2.45) is 0 Å². The minimum atomic E-state index is -3.60. The number of aromatic nitrogens is 1. The van der Waals surface area contributed by atoms with Gasteiger partial charge in [0, 0.05) is 17.7 Å². The highest BCUT2D eigenvalue weighted by Crippen LogP contribution is 2.43. The highest BCUT2D eigenvalue weighted by molar-refractivity contribution is 6.30. The molecule has 0 fully saturated rings. The topological polar surface area (TPSA) is 115 Å². The van der Waals surface area contributed by atoms with E-state index in [0.717, 1.165) is 9.14 Å². The number of carbonyl (C=O) groups is 1. The quantitative estimate of drug-likeness (QED) is 0.181. The largest absolute Gasteiger partial charge is 0.566 e. The van der Waals surface area contributed by atoms with Gasteiger partial charge < -0.3 is 25.2 Å². The van der Waals surface area contributed by atoms with Crippen LogP contribution in [0, 0.1) is 6.92 Å². The van der Waals surface area contributed by atoms with Gasteiger partial charge in [-0.25, -0.2) is 4.57 Å². The molecule has 4 N–H and O–H groups in total. The molecular weight excluding hydrogens is 594 g/mol. The second-order valence-corrected chi connectivity index (χ2v) is 11.0. The van der Waals surface area contributed by atoms with Crippen LogP contribution < -0.4 is 10.4 Å². The summed E-state index contributed by atoms with van der Waals surface area (Å²) < 4.78 is 40.8. The van der Waals surface area contributed by atoms with E-state index in [1.165, 1.54) is 49.6 Å². The lowest BCUT2D eigenvalue weighted by atomic mass is 9.95. The molecule has 8 nitrogen and oxygen atoms in total. The Kier molecular flexibility index (Phi) is 7.36. The Labute approximate surface area is 262 Å². The van der Waals surface area contributed by atoms with E-state index in [1.807, 2.05) is 0 Å². The van der Waals surface area contributed by atoms with Gasteiger partial charge in [-0.05, 0) is 90.4 Å².